The lowest BCUT2D eigenvalue weighted by atomic mass is 9.77. The number of ketones is 2. The average molecular weight is 354 g/mol. The summed E-state index contributed by atoms with van der Waals surface area (Å²) >= 11 is 0. The Kier molecular flexibility index (Phi) is 5.18. The number of carbonyl (C=O) groups is 2. The normalized spacial score (nSPS) is 11.0. The van der Waals surface area contributed by atoms with Gasteiger partial charge in [0.15, 0.2) is 11.6 Å². The first-order chi connectivity index (χ1) is 12.9. The third kappa shape index (κ3) is 3.80. The van der Waals surface area contributed by atoms with Crippen molar-refractivity contribution in [2.75, 3.05) is 0 Å². The van der Waals surface area contributed by atoms with E-state index in [2.05, 4.69) is 20.4 Å². The SMILES string of the molecule is C=CC(=O)c1ccc(C(C)(C)c2ccc(C(=O)c3ccccc3)cc2)cc1. The number of rotatable bonds is 6. The van der Waals surface area contributed by atoms with E-state index in [1.807, 2.05) is 78.9 Å². The van der Waals surface area contributed by atoms with Gasteiger partial charge in [-0.2, -0.15) is 0 Å². The molecular formula is C25H22O2. The van der Waals surface area contributed by atoms with Gasteiger partial charge in [-0.25, -0.2) is 0 Å². The Morgan fingerprint density at radius 2 is 1.15 bits per heavy atom. The topological polar surface area (TPSA) is 34.1 Å². The Hall–Kier alpha value is -3.26. The molecule has 3 rings (SSSR count). The van der Waals surface area contributed by atoms with Gasteiger partial charge >= 0.3 is 0 Å². The van der Waals surface area contributed by atoms with Gasteiger partial charge in [-0.1, -0.05) is 99.3 Å². The molecular weight excluding hydrogens is 332 g/mol. The summed E-state index contributed by atoms with van der Waals surface area (Å²) in [5.41, 5.74) is 3.96. The molecule has 0 aromatic heterocycles. The number of allylic oxidation sites excluding steroid dienone is 1. The molecule has 0 aliphatic heterocycles. The Labute approximate surface area is 160 Å². The van der Waals surface area contributed by atoms with E-state index in [0.29, 0.717) is 16.7 Å². The highest BCUT2D eigenvalue weighted by atomic mass is 16.1. The molecule has 27 heavy (non-hydrogen) atoms. The Bertz CT molecular complexity index is 963. The second-order valence-corrected chi connectivity index (χ2v) is 7.04. The minimum atomic E-state index is -0.246. The van der Waals surface area contributed by atoms with Gasteiger partial charge in [0.25, 0.3) is 0 Å². The molecule has 0 amide bonds. The number of carbonyl (C=O) groups excluding carboxylic acids is 2. The lowest BCUT2D eigenvalue weighted by Gasteiger charge is -2.26. The Morgan fingerprint density at radius 1 is 0.704 bits per heavy atom. The van der Waals surface area contributed by atoms with Crippen LogP contribution in [0.5, 0.6) is 0 Å². The highest BCUT2D eigenvalue weighted by Gasteiger charge is 2.23. The number of hydrogen-bond acceptors (Lipinski definition) is 2. The van der Waals surface area contributed by atoms with Crippen LogP contribution in [0.4, 0.5) is 0 Å². The van der Waals surface area contributed by atoms with Crippen LogP contribution in [-0.4, -0.2) is 11.6 Å². The molecule has 0 aliphatic rings. The second-order valence-electron chi connectivity index (χ2n) is 7.04. The summed E-state index contributed by atoms with van der Waals surface area (Å²) in [6.07, 6.45) is 1.32. The molecule has 134 valence electrons. The second kappa shape index (κ2) is 7.55. The maximum absolute atomic E-state index is 12.6. The highest BCUT2D eigenvalue weighted by molar-refractivity contribution is 6.09. The fraction of sp³-hybridized carbons (Fsp3) is 0.120. The summed E-state index contributed by atoms with van der Waals surface area (Å²) in [4.78, 5) is 24.3. The molecule has 0 bridgehead atoms. The molecule has 2 nitrogen and oxygen atoms in total. The monoisotopic (exact) mass is 354 g/mol. The lowest BCUT2D eigenvalue weighted by molar-refractivity contribution is 0.103. The van der Waals surface area contributed by atoms with Crippen molar-refractivity contribution in [2.45, 2.75) is 19.3 Å². The maximum atomic E-state index is 12.6. The Morgan fingerprint density at radius 3 is 1.63 bits per heavy atom. The minimum absolute atomic E-state index is 0.0206. The number of hydrogen-bond donors (Lipinski definition) is 0. The molecule has 3 aromatic carbocycles. The summed E-state index contributed by atoms with van der Waals surface area (Å²) in [5, 5.41) is 0. The fourth-order valence-electron chi connectivity index (χ4n) is 3.13. The van der Waals surface area contributed by atoms with Gasteiger partial charge < -0.3 is 0 Å². The van der Waals surface area contributed by atoms with Gasteiger partial charge in [0.05, 0.1) is 0 Å². The standard InChI is InChI=1S/C25H22O2/c1-4-23(26)18-10-14-21(15-11-18)25(2,3)22-16-12-20(13-17-22)24(27)19-8-6-5-7-9-19/h4-17H,1H2,2-3H3. The van der Waals surface area contributed by atoms with Crippen LogP contribution < -0.4 is 0 Å². The summed E-state index contributed by atoms with van der Waals surface area (Å²) in [5.74, 6) is -0.0598. The number of benzene rings is 3. The molecule has 3 aromatic rings. The first kappa shape index (κ1) is 18.5. The quantitative estimate of drug-likeness (QED) is 0.426. The van der Waals surface area contributed by atoms with Gasteiger partial charge in [-0.3, -0.25) is 9.59 Å². The third-order valence-corrected chi connectivity index (χ3v) is 4.98. The zero-order valence-corrected chi connectivity index (χ0v) is 15.6. The van der Waals surface area contributed by atoms with Gasteiger partial charge in [0.1, 0.15) is 0 Å². The zero-order chi connectivity index (χ0) is 19.4. The molecule has 0 unspecified atom stereocenters. The lowest BCUT2D eigenvalue weighted by Crippen LogP contribution is -2.19. The van der Waals surface area contributed by atoms with E-state index in [1.54, 1.807) is 0 Å². The van der Waals surface area contributed by atoms with Crippen molar-refractivity contribution in [1.82, 2.24) is 0 Å². The Balaban J connectivity index is 1.86. The minimum Gasteiger partial charge on any atom is -0.289 e. The van der Waals surface area contributed by atoms with Crippen LogP contribution in [0, 0.1) is 0 Å². The van der Waals surface area contributed by atoms with Crippen LogP contribution in [0.15, 0.2) is 91.5 Å². The van der Waals surface area contributed by atoms with E-state index in [0.717, 1.165) is 11.1 Å². The molecule has 0 spiro atoms. The molecule has 0 saturated carbocycles. The van der Waals surface area contributed by atoms with Crippen molar-refractivity contribution < 1.29 is 9.59 Å². The van der Waals surface area contributed by atoms with E-state index in [1.165, 1.54) is 6.08 Å². The molecule has 2 heteroatoms. The molecule has 0 fully saturated rings. The third-order valence-electron chi connectivity index (χ3n) is 4.98. The fourth-order valence-corrected chi connectivity index (χ4v) is 3.13. The molecule has 0 radical (unpaired) electrons. The van der Waals surface area contributed by atoms with Crippen molar-refractivity contribution in [3.8, 4) is 0 Å². The maximum Gasteiger partial charge on any atom is 0.193 e. The largest absolute Gasteiger partial charge is 0.289 e. The summed E-state index contributed by atoms with van der Waals surface area (Å²) < 4.78 is 0. The first-order valence-electron chi connectivity index (χ1n) is 8.91. The van der Waals surface area contributed by atoms with E-state index < -0.39 is 0 Å². The van der Waals surface area contributed by atoms with Crippen LogP contribution >= 0.6 is 0 Å². The van der Waals surface area contributed by atoms with E-state index in [-0.39, 0.29) is 17.0 Å². The average Bonchev–Trinajstić information content (AvgIpc) is 2.73. The summed E-state index contributed by atoms with van der Waals surface area (Å²) in [6.45, 7) is 7.78. The van der Waals surface area contributed by atoms with Crippen LogP contribution in [0.3, 0.4) is 0 Å². The molecule has 0 atom stereocenters. The molecule has 0 saturated heterocycles. The molecule has 0 N–H and O–H groups in total. The van der Waals surface area contributed by atoms with Crippen LogP contribution in [0.25, 0.3) is 0 Å². The van der Waals surface area contributed by atoms with Crippen molar-refractivity contribution >= 4 is 11.6 Å². The van der Waals surface area contributed by atoms with Crippen molar-refractivity contribution in [3.63, 3.8) is 0 Å². The van der Waals surface area contributed by atoms with Crippen LogP contribution in [0.2, 0.25) is 0 Å². The molecule has 0 heterocycles. The van der Waals surface area contributed by atoms with Crippen LogP contribution in [-0.2, 0) is 5.41 Å². The van der Waals surface area contributed by atoms with Gasteiger partial charge in [0, 0.05) is 22.1 Å². The van der Waals surface area contributed by atoms with Crippen molar-refractivity contribution in [3.05, 3.63) is 119 Å². The molecule has 0 aliphatic carbocycles. The predicted octanol–water partition coefficient (Wildman–Crippen LogP) is 5.61. The van der Waals surface area contributed by atoms with E-state index >= 15 is 0 Å². The van der Waals surface area contributed by atoms with Gasteiger partial charge in [-0.15, -0.1) is 0 Å². The van der Waals surface area contributed by atoms with E-state index in [9.17, 15) is 9.59 Å². The van der Waals surface area contributed by atoms with Gasteiger partial charge in [-0.05, 0) is 17.2 Å². The summed E-state index contributed by atoms with van der Waals surface area (Å²) in [7, 11) is 0. The van der Waals surface area contributed by atoms with Crippen molar-refractivity contribution in [1.29, 1.82) is 0 Å². The zero-order valence-electron chi connectivity index (χ0n) is 15.6. The van der Waals surface area contributed by atoms with Crippen LogP contribution in [0.1, 0.15) is 51.3 Å². The van der Waals surface area contributed by atoms with Gasteiger partial charge in [0.2, 0.25) is 0 Å². The predicted molar refractivity (Wildman–Crippen MR) is 109 cm³/mol. The summed E-state index contributed by atoms with van der Waals surface area (Å²) in [6, 6.07) is 24.6. The first-order valence-corrected chi connectivity index (χ1v) is 8.91. The highest BCUT2D eigenvalue weighted by Crippen LogP contribution is 2.32. The smallest absolute Gasteiger partial charge is 0.193 e. The van der Waals surface area contributed by atoms with E-state index in [4.69, 9.17) is 0 Å². The van der Waals surface area contributed by atoms with Crippen molar-refractivity contribution in [2.24, 2.45) is 0 Å².